The molecule has 3 rings (SSSR count). The molecule has 0 aliphatic carbocycles. The zero-order valence-electron chi connectivity index (χ0n) is 15.6. The standard InChI is InChI=1S/C18H21BrF2N4O3/c1-9(2)14(24-17(27)28-3)16(26)25-8-18(20,21)7-13(25)15-22-11-5-4-10(19)6-12(11)23-15/h4-6,9,13-14H,7-8H2,1-3H3,(H,22,23)(H,24,27)/t13-,14-/m0/s1. The third kappa shape index (κ3) is 4.11. The molecule has 2 aromatic rings. The Balaban J connectivity index is 1.94. The lowest BCUT2D eigenvalue weighted by Crippen LogP contribution is -2.51. The zero-order valence-corrected chi connectivity index (χ0v) is 17.2. The number of fused-ring (bicyclic) bond motifs is 1. The molecular weight excluding hydrogens is 438 g/mol. The number of rotatable bonds is 4. The second kappa shape index (κ2) is 7.65. The summed E-state index contributed by atoms with van der Waals surface area (Å²) < 4.78 is 33.9. The van der Waals surface area contributed by atoms with Crippen LogP contribution in [0.2, 0.25) is 0 Å². The van der Waals surface area contributed by atoms with E-state index < -0.39 is 43.0 Å². The number of aromatic amines is 1. The highest BCUT2D eigenvalue weighted by Gasteiger charge is 2.50. The van der Waals surface area contributed by atoms with E-state index in [1.165, 1.54) is 7.11 Å². The number of hydrogen-bond acceptors (Lipinski definition) is 4. The van der Waals surface area contributed by atoms with Gasteiger partial charge in [0, 0.05) is 10.9 Å². The smallest absolute Gasteiger partial charge is 0.407 e. The Morgan fingerprint density at radius 3 is 2.79 bits per heavy atom. The van der Waals surface area contributed by atoms with Crippen LogP contribution in [-0.2, 0) is 9.53 Å². The first-order valence-electron chi connectivity index (χ1n) is 8.79. The summed E-state index contributed by atoms with van der Waals surface area (Å²) in [5.41, 5.74) is 1.30. The number of alkyl halides is 2. The Labute approximate surface area is 168 Å². The highest BCUT2D eigenvalue weighted by Crippen LogP contribution is 2.41. The van der Waals surface area contributed by atoms with Crippen molar-refractivity contribution in [2.24, 2.45) is 5.92 Å². The fourth-order valence-electron chi connectivity index (χ4n) is 3.33. The molecule has 2 amide bonds. The van der Waals surface area contributed by atoms with Crippen LogP contribution in [0.5, 0.6) is 0 Å². The average Bonchev–Trinajstić information content (AvgIpc) is 3.18. The molecular formula is C18H21BrF2N4O3. The molecule has 1 saturated heterocycles. The zero-order chi connectivity index (χ0) is 20.6. The summed E-state index contributed by atoms with van der Waals surface area (Å²) in [6, 6.07) is 3.44. The van der Waals surface area contributed by atoms with Crippen molar-refractivity contribution in [3.05, 3.63) is 28.5 Å². The van der Waals surface area contributed by atoms with Gasteiger partial charge in [-0.1, -0.05) is 29.8 Å². The van der Waals surface area contributed by atoms with E-state index in [2.05, 4.69) is 36.0 Å². The van der Waals surface area contributed by atoms with Gasteiger partial charge in [0.15, 0.2) is 0 Å². The molecule has 0 bridgehead atoms. The van der Waals surface area contributed by atoms with Crippen molar-refractivity contribution in [1.29, 1.82) is 0 Å². The number of aromatic nitrogens is 2. The molecule has 0 radical (unpaired) electrons. The van der Waals surface area contributed by atoms with Crippen molar-refractivity contribution in [3.63, 3.8) is 0 Å². The van der Waals surface area contributed by atoms with Gasteiger partial charge in [0.25, 0.3) is 5.92 Å². The lowest BCUT2D eigenvalue weighted by Gasteiger charge is -2.29. The Hall–Kier alpha value is -2.23. The number of alkyl carbamates (subject to hydrolysis) is 1. The van der Waals surface area contributed by atoms with E-state index in [4.69, 9.17) is 0 Å². The molecule has 2 heterocycles. The number of amides is 2. The second-order valence-corrected chi connectivity index (χ2v) is 8.10. The number of ether oxygens (including phenoxy) is 1. The topological polar surface area (TPSA) is 87.3 Å². The van der Waals surface area contributed by atoms with E-state index >= 15 is 0 Å². The first-order valence-corrected chi connectivity index (χ1v) is 9.58. The molecule has 0 unspecified atom stereocenters. The Kier molecular flexibility index (Phi) is 5.60. The van der Waals surface area contributed by atoms with E-state index in [0.29, 0.717) is 16.9 Å². The number of hydrogen-bond donors (Lipinski definition) is 2. The molecule has 2 atom stereocenters. The fourth-order valence-corrected chi connectivity index (χ4v) is 3.69. The summed E-state index contributed by atoms with van der Waals surface area (Å²) in [5.74, 6) is -3.66. The van der Waals surface area contributed by atoms with E-state index in [-0.39, 0.29) is 5.92 Å². The predicted octanol–water partition coefficient (Wildman–Crippen LogP) is 3.61. The van der Waals surface area contributed by atoms with Gasteiger partial charge in [0.05, 0.1) is 30.7 Å². The monoisotopic (exact) mass is 458 g/mol. The van der Waals surface area contributed by atoms with Crippen LogP contribution in [0.3, 0.4) is 0 Å². The lowest BCUT2D eigenvalue weighted by molar-refractivity contribution is -0.136. The lowest BCUT2D eigenvalue weighted by atomic mass is 10.0. The van der Waals surface area contributed by atoms with Gasteiger partial charge in [-0.25, -0.2) is 18.6 Å². The molecule has 1 aromatic carbocycles. The first kappa shape index (κ1) is 20.5. The Bertz CT molecular complexity index is 902. The number of methoxy groups -OCH3 is 1. The quantitative estimate of drug-likeness (QED) is 0.732. The van der Waals surface area contributed by atoms with Crippen LogP contribution in [-0.4, -0.2) is 52.5 Å². The van der Waals surface area contributed by atoms with Gasteiger partial charge in [0.1, 0.15) is 11.9 Å². The molecule has 2 N–H and O–H groups in total. The fraction of sp³-hybridized carbons (Fsp3) is 0.500. The predicted molar refractivity (Wildman–Crippen MR) is 102 cm³/mol. The molecule has 28 heavy (non-hydrogen) atoms. The van der Waals surface area contributed by atoms with Gasteiger partial charge in [-0.15, -0.1) is 0 Å². The van der Waals surface area contributed by atoms with Crippen molar-refractivity contribution in [2.75, 3.05) is 13.7 Å². The molecule has 10 heteroatoms. The van der Waals surface area contributed by atoms with Gasteiger partial charge in [0.2, 0.25) is 5.91 Å². The van der Waals surface area contributed by atoms with Crippen molar-refractivity contribution in [2.45, 2.75) is 38.3 Å². The van der Waals surface area contributed by atoms with Crippen molar-refractivity contribution in [3.8, 4) is 0 Å². The van der Waals surface area contributed by atoms with Crippen LogP contribution < -0.4 is 5.32 Å². The number of carbonyl (C=O) groups is 2. The number of benzene rings is 1. The van der Waals surface area contributed by atoms with E-state index in [1.54, 1.807) is 32.0 Å². The Morgan fingerprint density at radius 2 is 2.14 bits per heavy atom. The van der Waals surface area contributed by atoms with Gasteiger partial charge in [-0.2, -0.15) is 0 Å². The summed E-state index contributed by atoms with van der Waals surface area (Å²) in [6.07, 6.45) is -1.33. The van der Waals surface area contributed by atoms with Crippen LogP contribution >= 0.6 is 15.9 Å². The van der Waals surface area contributed by atoms with Crippen LogP contribution in [0.25, 0.3) is 11.0 Å². The molecule has 0 spiro atoms. The maximum absolute atomic E-state index is 14.2. The van der Waals surface area contributed by atoms with Gasteiger partial charge in [-0.05, 0) is 24.1 Å². The van der Waals surface area contributed by atoms with E-state index in [1.807, 2.05) is 0 Å². The number of carbonyl (C=O) groups excluding carboxylic acids is 2. The number of halogens is 3. The number of H-pyrrole nitrogens is 1. The van der Waals surface area contributed by atoms with Gasteiger partial charge >= 0.3 is 6.09 Å². The highest BCUT2D eigenvalue weighted by molar-refractivity contribution is 9.10. The number of likely N-dealkylation sites (tertiary alicyclic amines) is 1. The minimum atomic E-state index is -3.05. The molecule has 7 nitrogen and oxygen atoms in total. The van der Waals surface area contributed by atoms with Crippen molar-refractivity contribution in [1.82, 2.24) is 20.2 Å². The van der Waals surface area contributed by atoms with Crippen LogP contribution in [0.4, 0.5) is 13.6 Å². The number of nitrogens with one attached hydrogen (secondary N) is 2. The number of nitrogens with zero attached hydrogens (tertiary/aromatic N) is 2. The third-order valence-electron chi connectivity index (χ3n) is 4.72. The SMILES string of the molecule is COC(=O)N[C@H](C(=O)N1CC(F)(F)C[C@H]1c1nc2ccc(Br)cc2[nH]1)C(C)C. The first-order chi connectivity index (χ1) is 13.1. The van der Waals surface area contributed by atoms with Crippen LogP contribution in [0, 0.1) is 5.92 Å². The summed E-state index contributed by atoms with van der Waals surface area (Å²) in [6.45, 7) is 2.71. The van der Waals surface area contributed by atoms with Gasteiger partial charge < -0.3 is 19.9 Å². The molecule has 1 aliphatic rings. The van der Waals surface area contributed by atoms with Crippen molar-refractivity contribution < 1.29 is 23.1 Å². The summed E-state index contributed by atoms with van der Waals surface area (Å²) >= 11 is 3.36. The van der Waals surface area contributed by atoms with Crippen LogP contribution in [0.15, 0.2) is 22.7 Å². The highest BCUT2D eigenvalue weighted by atomic mass is 79.9. The maximum atomic E-state index is 14.2. The molecule has 1 fully saturated rings. The largest absolute Gasteiger partial charge is 0.453 e. The molecule has 152 valence electrons. The van der Waals surface area contributed by atoms with Crippen molar-refractivity contribution >= 4 is 39.0 Å². The van der Waals surface area contributed by atoms with Crippen LogP contribution in [0.1, 0.15) is 32.1 Å². The number of imidazole rings is 1. The summed E-state index contributed by atoms with van der Waals surface area (Å²) in [5, 5.41) is 2.44. The third-order valence-corrected chi connectivity index (χ3v) is 5.22. The molecule has 1 aliphatic heterocycles. The van der Waals surface area contributed by atoms with Gasteiger partial charge in [-0.3, -0.25) is 4.79 Å². The minimum Gasteiger partial charge on any atom is -0.453 e. The molecule has 0 saturated carbocycles. The summed E-state index contributed by atoms with van der Waals surface area (Å²) in [4.78, 5) is 33.2. The maximum Gasteiger partial charge on any atom is 0.407 e. The average molecular weight is 459 g/mol. The van der Waals surface area contributed by atoms with E-state index in [9.17, 15) is 18.4 Å². The Morgan fingerprint density at radius 1 is 1.43 bits per heavy atom. The summed E-state index contributed by atoms with van der Waals surface area (Å²) in [7, 11) is 1.18. The molecule has 1 aromatic heterocycles. The minimum absolute atomic E-state index is 0.291. The second-order valence-electron chi connectivity index (χ2n) is 7.18. The van der Waals surface area contributed by atoms with E-state index in [0.717, 1.165) is 9.37 Å². The normalized spacial score (nSPS) is 19.8.